The molecule has 22 heavy (non-hydrogen) atoms. The van der Waals surface area contributed by atoms with Crippen LogP contribution >= 0.6 is 11.8 Å². The van der Waals surface area contributed by atoms with Crippen LogP contribution in [0.4, 0.5) is 0 Å². The fraction of sp³-hybridized carbons (Fsp3) is 0.278. The number of aryl methyl sites for hydroxylation is 1. The largest absolute Gasteiger partial charge is 0.493 e. The highest BCUT2D eigenvalue weighted by Gasteiger charge is 2.09. The zero-order valence-electron chi connectivity index (χ0n) is 13.1. The van der Waals surface area contributed by atoms with Gasteiger partial charge in [-0.25, -0.2) is 0 Å². The Hall–Kier alpha value is -2.12. The molecule has 0 aliphatic heterocycles. The zero-order valence-corrected chi connectivity index (χ0v) is 13.9. The first-order chi connectivity index (χ1) is 10.7. The van der Waals surface area contributed by atoms with Gasteiger partial charge in [0.2, 0.25) is 0 Å². The van der Waals surface area contributed by atoms with Crippen molar-refractivity contribution in [3.8, 4) is 17.6 Å². The van der Waals surface area contributed by atoms with Gasteiger partial charge in [-0.15, -0.1) is 0 Å². The number of nitriles is 1. The van der Waals surface area contributed by atoms with E-state index in [0.717, 1.165) is 34.1 Å². The molecule has 0 amide bonds. The third-order valence-electron chi connectivity index (χ3n) is 3.50. The van der Waals surface area contributed by atoms with Crippen molar-refractivity contribution in [1.82, 2.24) is 0 Å². The Balaban J connectivity index is 2.07. The molecule has 3 nitrogen and oxygen atoms in total. The van der Waals surface area contributed by atoms with Crippen molar-refractivity contribution < 1.29 is 9.47 Å². The van der Waals surface area contributed by atoms with Gasteiger partial charge < -0.3 is 9.47 Å². The third kappa shape index (κ3) is 3.75. The Labute approximate surface area is 135 Å². The van der Waals surface area contributed by atoms with E-state index in [-0.39, 0.29) is 0 Å². The SMILES string of the molecule is COc1cc(C)c(CSCc2ccccc2C#N)cc1OC. The van der Waals surface area contributed by atoms with Crippen molar-refractivity contribution in [2.45, 2.75) is 18.4 Å². The van der Waals surface area contributed by atoms with Gasteiger partial charge in [0.15, 0.2) is 11.5 Å². The van der Waals surface area contributed by atoms with E-state index in [1.165, 1.54) is 11.1 Å². The zero-order chi connectivity index (χ0) is 15.9. The minimum absolute atomic E-state index is 0.749. The molecule has 2 aromatic carbocycles. The van der Waals surface area contributed by atoms with Gasteiger partial charge in [-0.3, -0.25) is 0 Å². The third-order valence-corrected chi connectivity index (χ3v) is 4.53. The second-order valence-electron chi connectivity index (χ2n) is 4.90. The summed E-state index contributed by atoms with van der Waals surface area (Å²) in [7, 11) is 3.29. The Morgan fingerprint density at radius 1 is 1.00 bits per heavy atom. The lowest BCUT2D eigenvalue weighted by Crippen LogP contribution is -1.95. The van der Waals surface area contributed by atoms with Crippen LogP contribution in [0.25, 0.3) is 0 Å². The lowest BCUT2D eigenvalue weighted by molar-refractivity contribution is 0.354. The second kappa shape index (κ2) is 7.77. The average Bonchev–Trinajstić information content (AvgIpc) is 2.56. The van der Waals surface area contributed by atoms with Crippen LogP contribution in [0.2, 0.25) is 0 Å². The average molecular weight is 313 g/mol. The number of rotatable bonds is 6. The first kappa shape index (κ1) is 16.3. The van der Waals surface area contributed by atoms with Crippen LogP contribution in [0, 0.1) is 18.3 Å². The first-order valence-corrected chi connectivity index (χ1v) is 8.12. The molecule has 0 atom stereocenters. The molecule has 0 unspecified atom stereocenters. The van der Waals surface area contributed by atoms with Crippen LogP contribution in [-0.2, 0) is 11.5 Å². The lowest BCUT2D eigenvalue weighted by atomic mass is 10.1. The van der Waals surface area contributed by atoms with E-state index >= 15 is 0 Å². The molecule has 0 spiro atoms. The molecule has 4 heteroatoms. The summed E-state index contributed by atoms with van der Waals surface area (Å²) in [4.78, 5) is 0. The minimum atomic E-state index is 0.749. The van der Waals surface area contributed by atoms with Crippen molar-refractivity contribution in [3.05, 3.63) is 58.7 Å². The summed E-state index contributed by atoms with van der Waals surface area (Å²) >= 11 is 1.79. The van der Waals surface area contributed by atoms with E-state index in [2.05, 4.69) is 13.0 Å². The number of ether oxygens (including phenoxy) is 2. The van der Waals surface area contributed by atoms with Crippen molar-refractivity contribution in [2.75, 3.05) is 14.2 Å². The maximum atomic E-state index is 9.12. The molecule has 0 aromatic heterocycles. The minimum Gasteiger partial charge on any atom is -0.493 e. The van der Waals surface area contributed by atoms with Gasteiger partial charge in [0.05, 0.1) is 25.9 Å². The number of nitrogens with zero attached hydrogens (tertiary/aromatic N) is 1. The van der Waals surface area contributed by atoms with Gasteiger partial charge in [0.25, 0.3) is 0 Å². The summed E-state index contributed by atoms with van der Waals surface area (Å²) in [5, 5.41) is 9.12. The van der Waals surface area contributed by atoms with Crippen LogP contribution in [0.5, 0.6) is 11.5 Å². The van der Waals surface area contributed by atoms with Crippen LogP contribution in [0.3, 0.4) is 0 Å². The van der Waals surface area contributed by atoms with Crippen LogP contribution in [0.1, 0.15) is 22.3 Å². The number of thioether (sulfide) groups is 1. The van der Waals surface area contributed by atoms with Gasteiger partial charge in [-0.2, -0.15) is 17.0 Å². The summed E-state index contributed by atoms with van der Waals surface area (Å²) in [6, 6.07) is 14.0. The van der Waals surface area contributed by atoms with Crippen molar-refractivity contribution in [3.63, 3.8) is 0 Å². The highest BCUT2D eigenvalue weighted by atomic mass is 32.2. The Kier molecular flexibility index (Phi) is 5.74. The van der Waals surface area contributed by atoms with Crippen LogP contribution in [-0.4, -0.2) is 14.2 Å². The molecule has 2 aromatic rings. The predicted octanol–water partition coefficient (Wildman–Crippen LogP) is 4.32. The normalized spacial score (nSPS) is 10.1. The Morgan fingerprint density at radius 3 is 2.32 bits per heavy atom. The molecule has 0 aliphatic rings. The molecule has 2 rings (SSSR count). The van der Waals surface area contributed by atoms with Crippen molar-refractivity contribution >= 4 is 11.8 Å². The van der Waals surface area contributed by atoms with Crippen molar-refractivity contribution in [2.24, 2.45) is 0 Å². The lowest BCUT2D eigenvalue weighted by Gasteiger charge is -2.12. The molecule has 0 heterocycles. The van der Waals surface area contributed by atoms with Crippen LogP contribution in [0.15, 0.2) is 36.4 Å². The quantitative estimate of drug-likeness (QED) is 0.796. The van der Waals surface area contributed by atoms with Crippen molar-refractivity contribution in [1.29, 1.82) is 5.26 Å². The van der Waals surface area contributed by atoms with E-state index in [0.29, 0.717) is 0 Å². The van der Waals surface area contributed by atoms with E-state index in [4.69, 9.17) is 14.7 Å². The maximum absolute atomic E-state index is 9.12. The van der Waals surface area contributed by atoms with Gasteiger partial charge in [0, 0.05) is 11.5 Å². The predicted molar refractivity (Wildman–Crippen MR) is 90.4 cm³/mol. The standard InChI is InChI=1S/C18H19NO2S/c1-13-8-17(20-2)18(21-3)9-16(13)12-22-11-15-7-5-4-6-14(15)10-19/h4-9H,11-12H2,1-3H3. The number of benzene rings is 2. The number of hydrogen-bond acceptors (Lipinski definition) is 4. The molecule has 0 bridgehead atoms. The van der Waals surface area contributed by atoms with Gasteiger partial charge in [-0.1, -0.05) is 18.2 Å². The molecule has 0 radical (unpaired) electrons. The molecule has 114 valence electrons. The molecule has 0 saturated carbocycles. The fourth-order valence-electron chi connectivity index (χ4n) is 2.20. The smallest absolute Gasteiger partial charge is 0.161 e. The molecular formula is C18H19NO2S. The second-order valence-corrected chi connectivity index (χ2v) is 5.88. The summed E-state index contributed by atoms with van der Waals surface area (Å²) in [5.74, 6) is 3.19. The summed E-state index contributed by atoms with van der Waals surface area (Å²) < 4.78 is 10.7. The number of hydrogen-bond donors (Lipinski definition) is 0. The monoisotopic (exact) mass is 313 g/mol. The highest BCUT2D eigenvalue weighted by molar-refractivity contribution is 7.97. The fourth-order valence-corrected chi connectivity index (χ4v) is 3.31. The Morgan fingerprint density at radius 2 is 1.64 bits per heavy atom. The molecule has 0 N–H and O–H groups in total. The van der Waals surface area contributed by atoms with Crippen LogP contribution < -0.4 is 9.47 Å². The van der Waals surface area contributed by atoms with E-state index in [9.17, 15) is 0 Å². The summed E-state index contributed by atoms with van der Waals surface area (Å²) in [6.07, 6.45) is 0. The summed E-state index contributed by atoms with van der Waals surface area (Å²) in [5.41, 5.74) is 4.22. The van der Waals surface area contributed by atoms with E-state index < -0.39 is 0 Å². The van der Waals surface area contributed by atoms with Gasteiger partial charge in [-0.05, 0) is 41.8 Å². The molecule has 0 aliphatic carbocycles. The van der Waals surface area contributed by atoms with Gasteiger partial charge in [0.1, 0.15) is 0 Å². The van der Waals surface area contributed by atoms with E-state index in [1.54, 1.807) is 26.0 Å². The maximum Gasteiger partial charge on any atom is 0.161 e. The summed E-state index contributed by atoms with van der Waals surface area (Å²) in [6.45, 7) is 2.07. The van der Waals surface area contributed by atoms with E-state index in [1.807, 2.05) is 36.4 Å². The molecule has 0 fully saturated rings. The molecule has 0 saturated heterocycles. The molecular weight excluding hydrogens is 294 g/mol. The van der Waals surface area contributed by atoms with Gasteiger partial charge >= 0.3 is 0 Å². The highest BCUT2D eigenvalue weighted by Crippen LogP contribution is 2.32. The Bertz CT molecular complexity index is 692. The first-order valence-electron chi connectivity index (χ1n) is 6.96. The number of methoxy groups -OCH3 is 2. The topological polar surface area (TPSA) is 42.2 Å².